The van der Waals surface area contributed by atoms with E-state index in [-0.39, 0.29) is 43.6 Å². The maximum absolute atomic E-state index is 13.8. The van der Waals surface area contributed by atoms with Crippen molar-refractivity contribution >= 4 is 17.8 Å². The lowest BCUT2D eigenvalue weighted by Gasteiger charge is -2.55. The van der Waals surface area contributed by atoms with Crippen LogP contribution in [0.25, 0.3) is 0 Å². The summed E-state index contributed by atoms with van der Waals surface area (Å²) >= 11 is 0. The van der Waals surface area contributed by atoms with Crippen molar-refractivity contribution in [3.8, 4) is 12.3 Å². The minimum atomic E-state index is -0.841. The molecule has 0 aliphatic carbocycles. The number of rotatable bonds is 6. The average Bonchev–Trinajstić information content (AvgIpc) is 3.43. The number of nitrogens with zero attached hydrogens (tertiary/aromatic N) is 4. The number of piperazine rings is 1. The number of benzene rings is 2. The summed E-state index contributed by atoms with van der Waals surface area (Å²) in [7, 11) is 0. The first-order chi connectivity index (χ1) is 18.1. The third-order valence-corrected chi connectivity index (χ3v) is 7.05. The van der Waals surface area contributed by atoms with Gasteiger partial charge < -0.3 is 19.9 Å². The van der Waals surface area contributed by atoms with Gasteiger partial charge in [0.25, 0.3) is 0 Å². The van der Waals surface area contributed by atoms with Gasteiger partial charge in [0, 0.05) is 19.7 Å². The monoisotopic (exact) mass is 501 g/mol. The lowest BCUT2D eigenvalue weighted by atomic mass is 9.98. The molecule has 2 aromatic rings. The van der Waals surface area contributed by atoms with Crippen molar-refractivity contribution in [2.24, 2.45) is 0 Å². The van der Waals surface area contributed by atoms with Gasteiger partial charge in [-0.2, -0.15) is 5.01 Å². The topological polar surface area (TPSA) is 85.4 Å². The van der Waals surface area contributed by atoms with E-state index in [1.165, 1.54) is 5.01 Å². The van der Waals surface area contributed by atoms with Crippen LogP contribution in [0.4, 0.5) is 4.79 Å². The van der Waals surface area contributed by atoms with Crippen LogP contribution in [0.3, 0.4) is 0 Å². The van der Waals surface area contributed by atoms with Crippen LogP contribution in [0, 0.1) is 12.3 Å². The number of amides is 4. The maximum atomic E-state index is 13.8. The van der Waals surface area contributed by atoms with Gasteiger partial charge in [0.2, 0.25) is 11.8 Å². The Hall–Kier alpha value is -3.87. The Morgan fingerprint density at radius 3 is 2.49 bits per heavy atom. The number of terminal acetylenes is 1. The molecule has 0 radical (unpaired) electrons. The van der Waals surface area contributed by atoms with Crippen molar-refractivity contribution in [2.75, 3.05) is 32.8 Å². The van der Waals surface area contributed by atoms with E-state index in [2.05, 4.69) is 11.2 Å². The quantitative estimate of drug-likeness (QED) is 0.612. The number of nitrogens with one attached hydrogen (secondary N) is 1. The summed E-state index contributed by atoms with van der Waals surface area (Å²) in [5, 5.41) is 6.08. The molecule has 9 heteroatoms. The number of carbonyl (C=O) groups excluding carboxylic acids is 3. The molecule has 0 spiro atoms. The SMILES string of the molecule is C#CCN1CC(=O)N2[C@@H](c3ccccc3)C(=O)N(CC3CCCO3)C[C@@H]2N1C(=O)NCc1ccccc1. The first kappa shape index (κ1) is 24.8. The summed E-state index contributed by atoms with van der Waals surface area (Å²) in [6.45, 7) is 1.57. The Morgan fingerprint density at radius 1 is 1.08 bits per heavy atom. The smallest absolute Gasteiger partial charge is 0.334 e. The van der Waals surface area contributed by atoms with Crippen LogP contribution in [0.2, 0.25) is 0 Å². The molecule has 192 valence electrons. The second-order valence-corrected chi connectivity index (χ2v) is 9.49. The van der Waals surface area contributed by atoms with Crippen molar-refractivity contribution in [1.29, 1.82) is 0 Å². The molecule has 2 aromatic carbocycles. The van der Waals surface area contributed by atoms with Crippen molar-refractivity contribution in [3.63, 3.8) is 0 Å². The van der Waals surface area contributed by atoms with Crippen LogP contribution in [-0.4, -0.2) is 82.7 Å². The highest BCUT2D eigenvalue weighted by Crippen LogP contribution is 2.35. The van der Waals surface area contributed by atoms with Gasteiger partial charge in [-0.3, -0.25) is 9.59 Å². The number of hydrogen-bond donors (Lipinski definition) is 1. The summed E-state index contributed by atoms with van der Waals surface area (Å²) in [6.07, 6.45) is 6.67. The molecule has 4 amide bonds. The number of hydrogen-bond acceptors (Lipinski definition) is 5. The fourth-order valence-electron chi connectivity index (χ4n) is 5.34. The zero-order valence-electron chi connectivity index (χ0n) is 20.7. The Bertz CT molecular complexity index is 1160. The molecule has 1 unspecified atom stereocenters. The normalized spacial score (nSPS) is 24.1. The van der Waals surface area contributed by atoms with Crippen molar-refractivity contribution in [1.82, 2.24) is 25.1 Å². The van der Waals surface area contributed by atoms with E-state index in [4.69, 9.17) is 11.2 Å². The molecule has 0 aromatic heterocycles. The van der Waals surface area contributed by atoms with E-state index in [9.17, 15) is 14.4 Å². The molecule has 5 rings (SSSR count). The number of urea groups is 1. The number of ether oxygens (including phenoxy) is 1. The minimum absolute atomic E-state index is 0.0617. The van der Waals surface area contributed by atoms with Crippen LogP contribution < -0.4 is 5.32 Å². The Balaban J connectivity index is 1.48. The Labute approximate surface area is 216 Å². The fraction of sp³-hybridized carbons (Fsp3) is 0.393. The van der Waals surface area contributed by atoms with Gasteiger partial charge in [-0.15, -0.1) is 6.42 Å². The van der Waals surface area contributed by atoms with Gasteiger partial charge in [-0.25, -0.2) is 9.80 Å². The minimum Gasteiger partial charge on any atom is -0.376 e. The molecule has 3 aliphatic heterocycles. The standard InChI is InChI=1S/C28H31N5O4/c1-2-15-31-20-25(34)32-24(33(31)28(36)29-17-21-10-5-3-6-11-21)19-30(18-23-14-9-16-37-23)27(35)26(32)22-12-7-4-8-13-22/h1,3-8,10-13,23-24,26H,9,14-20H2,(H,29,36)/t23?,24-,26-/m0/s1. The summed E-state index contributed by atoms with van der Waals surface area (Å²) in [5.41, 5.74) is 1.66. The van der Waals surface area contributed by atoms with E-state index in [1.54, 1.807) is 14.8 Å². The van der Waals surface area contributed by atoms with Gasteiger partial charge >= 0.3 is 6.03 Å². The van der Waals surface area contributed by atoms with Crippen LogP contribution in [0.5, 0.6) is 0 Å². The zero-order valence-corrected chi connectivity index (χ0v) is 20.7. The molecular formula is C28H31N5O4. The molecule has 37 heavy (non-hydrogen) atoms. The highest BCUT2D eigenvalue weighted by molar-refractivity contribution is 5.92. The number of fused-ring (bicyclic) bond motifs is 1. The zero-order chi connectivity index (χ0) is 25.8. The third-order valence-electron chi connectivity index (χ3n) is 7.05. The second-order valence-electron chi connectivity index (χ2n) is 9.49. The summed E-state index contributed by atoms with van der Waals surface area (Å²) in [4.78, 5) is 44.2. The van der Waals surface area contributed by atoms with Crippen molar-refractivity contribution in [3.05, 3.63) is 71.8 Å². The molecule has 3 aliphatic rings. The first-order valence-corrected chi connectivity index (χ1v) is 12.6. The largest absolute Gasteiger partial charge is 0.376 e. The van der Waals surface area contributed by atoms with Gasteiger partial charge in [0.05, 0.1) is 25.7 Å². The van der Waals surface area contributed by atoms with Crippen molar-refractivity contribution in [2.45, 2.75) is 37.7 Å². The number of hydrazine groups is 1. The predicted octanol–water partition coefficient (Wildman–Crippen LogP) is 1.98. The molecule has 9 nitrogen and oxygen atoms in total. The van der Waals surface area contributed by atoms with Gasteiger partial charge in [0.1, 0.15) is 12.2 Å². The van der Waals surface area contributed by atoms with Crippen molar-refractivity contribution < 1.29 is 19.1 Å². The van der Waals surface area contributed by atoms with E-state index in [0.29, 0.717) is 25.3 Å². The van der Waals surface area contributed by atoms with Gasteiger partial charge in [0.15, 0.2) is 0 Å². The average molecular weight is 502 g/mol. The van der Waals surface area contributed by atoms with Crippen LogP contribution in [-0.2, 0) is 20.9 Å². The molecule has 1 N–H and O–H groups in total. The predicted molar refractivity (Wildman–Crippen MR) is 136 cm³/mol. The molecular weight excluding hydrogens is 470 g/mol. The fourth-order valence-corrected chi connectivity index (χ4v) is 5.34. The van der Waals surface area contributed by atoms with Gasteiger partial charge in [-0.05, 0) is 24.0 Å². The lowest BCUT2D eigenvalue weighted by Crippen LogP contribution is -2.74. The third kappa shape index (κ3) is 5.17. The molecule has 3 atom stereocenters. The van der Waals surface area contributed by atoms with Crippen LogP contribution in [0.1, 0.15) is 30.0 Å². The molecule has 3 heterocycles. The van der Waals surface area contributed by atoms with Crippen LogP contribution in [0.15, 0.2) is 60.7 Å². The maximum Gasteiger partial charge on any atom is 0.334 e. The summed E-state index contributed by atoms with van der Waals surface area (Å²) in [5.74, 6) is 2.16. The molecule has 3 fully saturated rings. The molecule has 3 saturated heterocycles. The summed E-state index contributed by atoms with van der Waals surface area (Å²) < 4.78 is 5.82. The number of carbonyl (C=O) groups is 3. The Morgan fingerprint density at radius 2 is 1.81 bits per heavy atom. The summed E-state index contributed by atoms with van der Waals surface area (Å²) in [6, 6.07) is 17.6. The lowest BCUT2D eigenvalue weighted by molar-refractivity contribution is -0.190. The van der Waals surface area contributed by atoms with E-state index in [0.717, 1.165) is 18.4 Å². The first-order valence-electron chi connectivity index (χ1n) is 12.6. The highest BCUT2D eigenvalue weighted by Gasteiger charge is 2.52. The van der Waals surface area contributed by atoms with E-state index < -0.39 is 12.2 Å². The van der Waals surface area contributed by atoms with Crippen LogP contribution >= 0.6 is 0 Å². The highest BCUT2D eigenvalue weighted by atomic mass is 16.5. The molecule has 0 saturated carbocycles. The second kappa shape index (κ2) is 11.0. The van der Waals surface area contributed by atoms with E-state index >= 15 is 0 Å². The van der Waals surface area contributed by atoms with E-state index in [1.807, 2.05) is 60.7 Å². The Kier molecular flexibility index (Phi) is 7.40. The van der Waals surface area contributed by atoms with Gasteiger partial charge in [-0.1, -0.05) is 66.6 Å². The molecule has 0 bridgehead atoms.